The zero-order chi connectivity index (χ0) is 21.7. The molecule has 0 radical (unpaired) electrons. The van der Waals surface area contributed by atoms with Crippen molar-refractivity contribution in [1.82, 2.24) is 5.32 Å². The second-order valence-corrected chi connectivity index (χ2v) is 8.57. The molecule has 1 aliphatic rings. The number of piperidine rings is 1. The van der Waals surface area contributed by atoms with E-state index in [9.17, 15) is 5.11 Å². The molecule has 0 aromatic heterocycles. The van der Waals surface area contributed by atoms with Crippen LogP contribution in [0.4, 0.5) is 0 Å². The second-order valence-electron chi connectivity index (χ2n) is 8.57. The third-order valence-electron chi connectivity index (χ3n) is 6.62. The van der Waals surface area contributed by atoms with Crippen molar-refractivity contribution in [3.05, 3.63) is 108 Å². The number of nitrogens with one attached hydrogen (secondary N) is 1. The molecule has 0 saturated carbocycles. The summed E-state index contributed by atoms with van der Waals surface area (Å²) >= 11 is 0. The Bertz CT molecular complexity index is 1020. The number of hydrogen-bond acceptors (Lipinski definition) is 2. The first kappa shape index (κ1) is 21.4. The van der Waals surface area contributed by atoms with Crippen LogP contribution in [0.1, 0.15) is 55.5 Å². The average molecular weight is 410 g/mol. The molecule has 1 heterocycles. The van der Waals surface area contributed by atoms with Crippen LogP contribution in [0.15, 0.2) is 91.0 Å². The van der Waals surface area contributed by atoms with E-state index in [1.165, 1.54) is 11.1 Å². The quantitative estimate of drug-likeness (QED) is 0.525. The molecule has 3 aromatic carbocycles. The van der Waals surface area contributed by atoms with E-state index in [2.05, 4.69) is 79.5 Å². The van der Waals surface area contributed by atoms with Crippen LogP contribution in [-0.4, -0.2) is 10.7 Å². The summed E-state index contributed by atoms with van der Waals surface area (Å²) < 4.78 is 0. The zero-order valence-corrected chi connectivity index (χ0v) is 18.3. The zero-order valence-electron chi connectivity index (χ0n) is 18.3. The Kier molecular flexibility index (Phi) is 6.56. The summed E-state index contributed by atoms with van der Waals surface area (Å²) in [6.45, 7) is 4.31. The summed E-state index contributed by atoms with van der Waals surface area (Å²) in [7, 11) is 0. The van der Waals surface area contributed by atoms with Crippen molar-refractivity contribution >= 4 is 0 Å². The Labute approximate surface area is 186 Å². The summed E-state index contributed by atoms with van der Waals surface area (Å²) in [5.74, 6) is 6.58. The molecule has 0 spiro atoms. The maximum Gasteiger partial charge on any atom is 0.134 e. The number of hydrogen-bond donors (Lipinski definition) is 2. The van der Waals surface area contributed by atoms with E-state index in [4.69, 9.17) is 0 Å². The smallest absolute Gasteiger partial charge is 0.134 e. The molecule has 0 bridgehead atoms. The molecule has 31 heavy (non-hydrogen) atoms. The van der Waals surface area contributed by atoms with Gasteiger partial charge in [0, 0.05) is 29.5 Å². The molecule has 4 rings (SSSR count). The number of rotatable bonds is 4. The fourth-order valence-electron chi connectivity index (χ4n) is 4.93. The highest BCUT2D eigenvalue weighted by Gasteiger charge is 2.52. The van der Waals surface area contributed by atoms with E-state index in [1.807, 2.05) is 42.5 Å². The minimum Gasteiger partial charge on any atom is -0.377 e. The van der Waals surface area contributed by atoms with Gasteiger partial charge in [0.25, 0.3) is 0 Å². The van der Waals surface area contributed by atoms with Crippen LogP contribution >= 0.6 is 0 Å². The standard InChI is InChI=1S/C29H31NO/c1-3-13-26-28(25-18-11-6-12-19-25)30-27(24-16-9-5-10-17-24)22(2)29(26,31)21-20-23-14-7-4-8-15-23/h4-12,14-19,22,26-28,30-31H,3,13H2,1-2H3/t22-,26+,27-,28-,29-/m0/s1. The molecule has 0 amide bonds. The highest BCUT2D eigenvalue weighted by Crippen LogP contribution is 2.48. The predicted octanol–water partition coefficient (Wildman–Crippen LogP) is 5.91. The van der Waals surface area contributed by atoms with Crippen molar-refractivity contribution < 1.29 is 5.11 Å². The fourth-order valence-corrected chi connectivity index (χ4v) is 4.93. The summed E-state index contributed by atoms with van der Waals surface area (Å²) in [5, 5.41) is 16.1. The van der Waals surface area contributed by atoms with Gasteiger partial charge in [-0.15, -0.1) is 0 Å². The van der Waals surface area contributed by atoms with Gasteiger partial charge in [-0.05, 0) is 29.7 Å². The lowest BCUT2D eigenvalue weighted by atomic mass is 9.64. The van der Waals surface area contributed by atoms with Crippen LogP contribution in [0.5, 0.6) is 0 Å². The van der Waals surface area contributed by atoms with E-state index in [0.29, 0.717) is 0 Å². The Hall–Kier alpha value is -2.86. The topological polar surface area (TPSA) is 32.3 Å². The molecule has 2 N–H and O–H groups in total. The molecule has 3 aromatic rings. The molecule has 1 fully saturated rings. The lowest BCUT2D eigenvalue weighted by molar-refractivity contribution is -0.0749. The van der Waals surface area contributed by atoms with Crippen molar-refractivity contribution in [2.75, 3.05) is 0 Å². The van der Waals surface area contributed by atoms with Gasteiger partial charge >= 0.3 is 0 Å². The molecule has 2 nitrogen and oxygen atoms in total. The summed E-state index contributed by atoms with van der Waals surface area (Å²) in [5.41, 5.74) is 2.21. The van der Waals surface area contributed by atoms with Crippen LogP contribution in [0.25, 0.3) is 0 Å². The van der Waals surface area contributed by atoms with Crippen molar-refractivity contribution in [1.29, 1.82) is 0 Å². The predicted molar refractivity (Wildman–Crippen MR) is 127 cm³/mol. The SMILES string of the molecule is CCC[C@@H]1[C@H](c2ccccc2)N[C@H](c2ccccc2)[C@H](C)[C@@]1(O)C#Cc1ccccc1. The van der Waals surface area contributed by atoms with Gasteiger partial charge in [-0.1, -0.05) is 111 Å². The summed E-state index contributed by atoms with van der Waals surface area (Å²) in [6.07, 6.45) is 1.89. The molecule has 1 saturated heterocycles. The molecule has 2 heteroatoms. The van der Waals surface area contributed by atoms with Crippen LogP contribution in [0.2, 0.25) is 0 Å². The van der Waals surface area contributed by atoms with E-state index in [-0.39, 0.29) is 23.9 Å². The number of aliphatic hydroxyl groups is 1. The van der Waals surface area contributed by atoms with Gasteiger partial charge in [0.15, 0.2) is 0 Å². The molecule has 0 unspecified atom stereocenters. The first-order valence-electron chi connectivity index (χ1n) is 11.3. The molecular formula is C29H31NO. The summed E-state index contributed by atoms with van der Waals surface area (Å²) in [6, 6.07) is 30.9. The fraction of sp³-hybridized carbons (Fsp3) is 0.310. The maximum atomic E-state index is 12.2. The molecule has 1 aliphatic heterocycles. The van der Waals surface area contributed by atoms with Gasteiger partial charge in [-0.2, -0.15) is 0 Å². The van der Waals surface area contributed by atoms with Gasteiger partial charge in [-0.25, -0.2) is 0 Å². The van der Waals surface area contributed by atoms with Crippen molar-refractivity contribution in [2.24, 2.45) is 11.8 Å². The third-order valence-corrected chi connectivity index (χ3v) is 6.62. The van der Waals surface area contributed by atoms with Crippen LogP contribution in [0.3, 0.4) is 0 Å². The number of benzene rings is 3. The van der Waals surface area contributed by atoms with Crippen molar-refractivity contribution in [3.8, 4) is 11.8 Å². The normalized spacial score (nSPS) is 27.8. The Morgan fingerprint density at radius 2 is 1.32 bits per heavy atom. The van der Waals surface area contributed by atoms with Crippen LogP contribution in [0, 0.1) is 23.7 Å². The third kappa shape index (κ3) is 4.44. The van der Waals surface area contributed by atoms with Gasteiger partial charge < -0.3 is 10.4 Å². The summed E-state index contributed by atoms with van der Waals surface area (Å²) in [4.78, 5) is 0. The van der Waals surface area contributed by atoms with Crippen molar-refractivity contribution in [2.45, 2.75) is 44.4 Å². The molecule has 158 valence electrons. The average Bonchev–Trinajstić information content (AvgIpc) is 2.83. The minimum absolute atomic E-state index is 0.00826. The van der Waals surface area contributed by atoms with Gasteiger partial charge in [-0.3, -0.25) is 0 Å². The van der Waals surface area contributed by atoms with E-state index < -0.39 is 5.60 Å². The molecular weight excluding hydrogens is 378 g/mol. The minimum atomic E-state index is -1.11. The monoisotopic (exact) mass is 409 g/mol. The van der Waals surface area contributed by atoms with Gasteiger partial charge in [0.2, 0.25) is 0 Å². The van der Waals surface area contributed by atoms with Gasteiger partial charge in [0.1, 0.15) is 5.60 Å². The van der Waals surface area contributed by atoms with Crippen LogP contribution in [-0.2, 0) is 0 Å². The Morgan fingerprint density at radius 3 is 1.87 bits per heavy atom. The molecule has 5 atom stereocenters. The first-order chi connectivity index (χ1) is 15.1. The van der Waals surface area contributed by atoms with E-state index in [0.717, 1.165) is 18.4 Å². The highest BCUT2D eigenvalue weighted by atomic mass is 16.3. The Morgan fingerprint density at radius 1 is 0.806 bits per heavy atom. The van der Waals surface area contributed by atoms with E-state index in [1.54, 1.807) is 0 Å². The van der Waals surface area contributed by atoms with Crippen molar-refractivity contribution in [3.63, 3.8) is 0 Å². The lowest BCUT2D eigenvalue weighted by Gasteiger charge is -2.51. The Balaban J connectivity index is 1.82. The van der Waals surface area contributed by atoms with E-state index >= 15 is 0 Å². The molecule has 0 aliphatic carbocycles. The first-order valence-corrected chi connectivity index (χ1v) is 11.3. The van der Waals surface area contributed by atoms with Crippen LogP contribution < -0.4 is 5.32 Å². The van der Waals surface area contributed by atoms with Gasteiger partial charge in [0.05, 0.1) is 0 Å². The largest absolute Gasteiger partial charge is 0.377 e. The highest BCUT2D eigenvalue weighted by molar-refractivity contribution is 5.39. The maximum absolute atomic E-state index is 12.2. The second kappa shape index (κ2) is 9.52. The lowest BCUT2D eigenvalue weighted by Crippen LogP contribution is -2.58.